The molecule has 0 saturated heterocycles. The second-order valence-electron chi connectivity index (χ2n) is 3.18. The first-order valence-electron chi connectivity index (χ1n) is 4.16. The van der Waals surface area contributed by atoms with E-state index in [-0.39, 0.29) is 23.7 Å². The van der Waals surface area contributed by atoms with Gasteiger partial charge in [-0.05, 0) is 18.1 Å². The standard InChI is InChI=1S/C9H8F2N2O/c10-7-5(12)3-4-1-2-6(14)13-9(4)8(7)11/h3H,1-2,12H2,(H,13,14). The Bertz CT molecular complexity index is 418. The maximum absolute atomic E-state index is 13.2. The average molecular weight is 198 g/mol. The molecule has 0 aliphatic carbocycles. The van der Waals surface area contributed by atoms with Crippen LogP contribution in [0.5, 0.6) is 0 Å². The molecule has 1 aliphatic heterocycles. The molecule has 2 rings (SSSR count). The summed E-state index contributed by atoms with van der Waals surface area (Å²) in [6.07, 6.45) is 0.667. The molecule has 74 valence electrons. The second-order valence-corrected chi connectivity index (χ2v) is 3.18. The van der Waals surface area contributed by atoms with Crippen molar-refractivity contribution in [3.63, 3.8) is 0 Å². The number of fused-ring (bicyclic) bond motifs is 1. The van der Waals surface area contributed by atoms with E-state index in [0.717, 1.165) is 0 Å². The molecule has 0 fully saturated rings. The van der Waals surface area contributed by atoms with Gasteiger partial charge in [0.1, 0.15) is 0 Å². The Morgan fingerprint density at radius 2 is 2.00 bits per heavy atom. The predicted molar refractivity (Wildman–Crippen MR) is 47.7 cm³/mol. The van der Waals surface area contributed by atoms with Gasteiger partial charge in [-0.3, -0.25) is 4.79 Å². The predicted octanol–water partition coefficient (Wildman–Crippen LogP) is 1.43. The van der Waals surface area contributed by atoms with Crippen LogP contribution >= 0.6 is 0 Å². The minimum atomic E-state index is -1.11. The Morgan fingerprint density at radius 1 is 1.29 bits per heavy atom. The highest BCUT2D eigenvalue weighted by Crippen LogP contribution is 2.30. The maximum Gasteiger partial charge on any atom is 0.224 e. The molecular weight excluding hydrogens is 190 g/mol. The SMILES string of the molecule is Nc1cc2c(c(F)c1F)NC(=O)CC2. The highest BCUT2D eigenvalue weighted by atomic mass is 19.2. The molecule has 0 spiro atoms. The monoisotopic (exact) mass is 198 g/mol. The fourth-order valence-electron chi connectivity index (χ4n) is 1.48. The molecule has 1 heterocycles. The van der Waals surface area contributed by atoms with E-state index < -0.39 is 11.6 Å². The number of amides is 1. The molecule has 0 radical (unpaired) electrons. The van der Waals surface area contributed by atoms with Crippen LogP contribution in [0, 0.1) is 11.6 Å². The van der Waals surface area contributed by atoms with Crippen molar-refractivity contribution in [1.29, 1.82) is 0 Å². The summed E-state index contributed by atoms with van der Waals surface area (Å²) in [6, 6.07) is 1.35. The molecule has 1 aliphatic rings. The van der Waals surface area contributed by atoms with E-state index in [1.165, 1.54) is 6.07 Å². The van der Waals surface area contributed by atoms with E-state index >= 15 is 0 Å². The zero-order chi connectivity index (χ0) is 10.3. The van der Waals surface area contributed by atoms with Crippen molar-refractivity contribution in [2.75, 3.05) is 11.1 Å². The minimum absolute atomic E-state index is 0.0760. The summed E-state index contributed by atoms with van der Waals surface area (Å²) in [7, 11) is 0. The summed E-state index contributed by atoms with van der Waals surface area (Å²) >= 11 is 0. The van der Waals surface area contributed by atoms with E-state index in [9.17, 15) is 13.6 Å². The van der Waals surface area contributed by atoms with E-state index in [2.05, 4.69) is 5.32 Å². The zero-order valence-electron chi connectivity index (χ0n) is 7.23. The molecule has 1 amide bonds. The molecule has 5 heteroatoms. The van der Waals surface area contributed by atoms with Crippen LogP contribution in [0.4, 0.5) is 20.2 Å². The normalized spacial score (nSPS) is 14.9. The van der Waals surface area contributed by atoms with Crippen LogP contribution < -0.4 is 11.1 Å². The fraction of sp³-hybridized carbons (Fsp3) is 0.222. The summed E-state index contributed by atoms with van der Waals surface area (Å²) in [6.45, 7) is 0. The van der Waals surface area contributed by atoms with Gasteiger partial charge in [-0.25, -0.2) is 8.78 Å². The Balaban J connectivity index is 2.60. The van der Waals surface area contributed by atoms with Crippen molar-refractivity contribution in [1.82, 2.24) is 0 Å². The summed E-state index contributed by atoms with van der Waals surface area (Å²) in [4.78, 5) is 10.9. The largest absolute Gasteiger partial charge is 0.396 e. The lowest BCUT2D eigenvalue weighted by atomic mass is 10.0. The number of hydrogen-bond acceptors (Lipinski definition) is 2. The quantitative estimate of drug-likeness (QED) is 0.619. The third-order valence-electron chi connectivity index (χ3n) is 2.20. The number of anilines is 2. The minimum Gasteiger partial charge on any atom is -0.396 e. The number of nitrogen functional groups attached to an aromatic ring is 1. The van der Waals surface area contributed by atoms with Crippen LogP contribution in [0.3, 0.4) is 0 Å². The van der Waals surface area contributed by atoms with Crippen molar-refractivity contribution in [2.45, 2.75) is 12.8 Å². The topological polar surface area (TPSA) is 55.1 Å². The first-order chi connectivity index (χ1) is 6.59. The highest BCUT2D eigenvalue weighted by Gasteiger charge is 2.22. The molecule has 0 atom stereocenters. The van der Waals surface area contributed by atoms with Gasteiger partial charge in [0.2, 0.25) is 5.91 Å². The molecule has 0 aromatic heterocycles. The third-order valence-corrected chi connectivity index (χ3v) is 2.20. The van der Waals surface area contributed by atoms with E-state index in [1.807, 2.05) is 0 Å². The number of hydrogen-bond donors (Lipinski definition) is 2. The summed E-state index contributed by atoms with van der Waals surface area (Å²) in [5.41, 5.74) is 5.49. The smallest absolute Gasteiger partial charge is 0.224 e. The van der Waals surface area contributed by atoms with Gasteiger partial charge >= 0.3 is 0 Å². The van der Waals surface area contributed by atoms with Crippen LogP contribution in [0.25, 0.3) is 0 Å². The lowest BCUT2D eigenvalue weighted by Crippen LogP contribution is -2.21. The Labute approximate surface area is 78.9 Å². The van der Waals surface area contributed by atoms with Gasteiger partial charge in [-0.1, -0.05) is 0 Å². The second kappa shape index (κ2) is 2.94. The molecule has 3 N–H and O–H groups in total. The van der Waals surface area contributed by atoms with Gasteiger partial charge < -0.3 is 11.1 Å². The van der Waals surface area contributed by atoms with Crippen LogP contribution in [0.1, 0.15) is 12.0 Å². The molecule has 0 unspecified atom stereocenters. The number of benzene rings is 1. The van der Waals surface area contributed by atoms with Gasteiger partial charge in [0, 0.05) is 6.42 Å². The van der Waals surface area contributed by atoms with Crippen LogP contribution in [-0.2, 0) is 11.2 Å². The molecule has 1 aromatic carbocycles. The van der Waals surface area contributed by atoms with Crippen molar-refractivity contribution in [3.8, 4) is 0 Å². The maximum atomic E-state index is 13.2. The average Bonchev–Trinajstić information content (AvgIpc) is 2.16. The Hall–Kier alpha value is -1.65. The Kier molecular flexibility index (Phi) is 1.87. The number of aryl methyl sites for hydroxylation is 1. The lowest BCUT2D eigenvalue weighted by Gasteiger charge is -2.18. The zero-order valence-corrected chi connectivity index (χ0v) is 7.23. The molecule has 0 saturated carbocycles. The van der Waals surface area contributed by atoms with Gasteiger partial charge in [0.05, 0.1) is 11.4 Å². The number of carbonyl (C=O) groups excluding carboxylic acids is 1. The Morgan fingerprint density at radius 3 is 2.71 bits per heavy atom. The molecular formula is C9H8F2N2O. The van der Waals surface area contributed by atoms with Crippen molar-refractivity contribution in [2.24, 2.45) is 0 Å². The van der Waals surface area contributed by atoms with Crippen LogP contribution in [0.15, 0.2) is 6.07 Å². The molecule has 0 bridgehead atoms. The van der Waals surface area contributed by atoms with Gasteiger partial charge in [-0.2, -0.15) is 0 Å². The van der Waals surface area contributed by atoms with E-state index in [4.69, 9.17) is 5.73 Å². The van der Waals surface area contributed by atoms with Crippen molar-refractivity contribution >= 4 is 17.3 Å². The fourth-order valence-corrected chi connectivity index (χ4v) is 1.48. The van der Waals surface area contributed by atoms with Gasteiger partial charge in [-0.15, -0.1) is 0 Å². The van der Waals surface area contributed by atoms with Crippen LogP contribution in [-0.4, -0.2) is 5.91 Å². The first-order valence-corrected chi connectivity index (χ1v) is 4.16. The lowest BCUT2D eigenvalue weighted by molar-refractivity contribution is -0.116. The summed E-state index contributed by atoms with van der Waals surface area (Å²) < 4.78 is 26.2. The summed E-state index contributed by atoms with van der Waals surface area (Å²) in [5.74, 6) is -2.49. The number of nitrogens with one attached hydrogen (secondary N) is 1. The first kappa shape index (κ1) is 8.93. The number of carbonyl (C=O) groups is 1. The molecule has 14 heavy (non-hydrogen) atoms. The number of halogens is 2. The van der Waals surface area contributed by atoms with E-state index in [0.29, 0.717) is 12.0 Å². The summed E-state index contributed by atoms with van der Waals surface area (Å²) in [5, 5.41) is 2.29. The van der Waals surface area contributed by atoms with Crippen LogP contribution in [0.2, 0.25) is 0 Å². The number of rotatable bonds is 0. The van der Waals surface area contributed by atoms with E-state index in [1.54, 1.807) is 0 Å². The molecule has 1 aromatic rings. The van der Waals surface area contributed by atoms with Crippen molar-refractivity contribution in [3.05, 3.63) is 23.3 Å². The third kappa shape index (κ3) is 1.21. The molecule has 3 nitrogen and oxygen atoms in total. The number of nitrogens with two attached hydrogens (primary N) is 1. The van der Waals surface area contributed by atoms with Gasteiger partial charge in [0.15, 0.2) is 11.6 Å². The van der Waals surface area contributed by atoms with Crippen molar-refractivity contribution < 1.29 is 13.6 Å². The highest BCUT2D eigenvalue weighted by molar-refractivity contribution is 5.94. The van der Waals surface area contributed by atoms with Gasteiger partial charge in [0.25, 0.3) is 0 Å².